The zero-order chi connectivity index (χ0) is 13.3. The average Bonchev–Trinajstić information content (AvgIpc) is 2.58. The summed E-state index contributed by atoms with van der Waals surface area (Å²) < 4.78 is 42.5. The number of rotatable bonds is 4. The first kappa shape index (κ1) is 13.4. The largest absolute Gasteiger partial charge is 0.480 e. The van der Waals surface area contributed by atoms with Gasteiger partial charge in [-0.3, -0.25) is 5.32 Å². The summed E-state index contributed by atoms with van der Waals surface area (Å²) in [6, 6.07) is 0. The van der Waals surface area contributed by atoms with Crippen LogP contribution < -0.4 is 5.32 Å². The van der Waals surface area contributed by atoms with Gasteiger partial charge < -0.3 is 9.52 Å². The molecule has 0 aliphatic heterocycles. The fourth-order valence-corrected chi connectivity index (χ4v) is 0.958. The maximum absolute atomic E-state index is 12.6. The molecule has 0 saturated carbocycles. The van der Waals surface area contributed by atoms with Crippen molar-refractivity contribution in [2.45, 2.75) is 32.1 Å². The van der Waals surface area contributed by atoms with E-state index in [1.165, 1.54) is 6.92 Å². The van der Waals surface area contributed by atoms with Gasteiger partial charge in [0.05, 0.1) is 6.54 Å². The molecule has 0 radical (unpaired) electrons. The van der Waals surface area contributed by atoms with Gasteiger partial charge in [0.25, 0.3) is 0 Å². The van der Waals surface area contributed by atoms with Gasteiger partial charge in [0, 0.05) is 6.92 Å². The number of hydrogen-bond acceptors (Lipinski definition) is 5. The summed E-state index contributed by atoms with van der Waals surface area (Å²) in [7, 11) is 0. The van der Waals surface area contributed by atoms with Crippen molar-refractivity contribution >= 4 is 5.97 Å². The zero-order valence-electron chi connectivity index (χ0n) is 9.00. The van der Waals surface area contributed by atoms with Crippen LogP contribution >= 0.6 is 0 Å². The highest BCUT2D eigenvalue weighted by molar-refractivity contribution is 5.79. The van der Waals surface area contributed by atoms with Gasteiger partial charge in [-0.25, -0.2) is 4.79 Å². The third-order valence-electron chi connectivity index (χ3n) is 2.16. The smallest absolute Gasteiger partial charge is 0.417 e. The molecule has 1 aromatic heterocycles. The number of aryl methyl sites for hydroxylation is 1. The number of carbonyl (C=O) groups is 1. The molecular weight excluding hydrogens is 243 g/mol. The Balaban J connectivity index is 2.79. The molecule has 0 aliphatic carbocycles. The van der Waals surface area contributed by atoms with Gasteiger partial charge >= 0.3 is 12.1 Å². The van der Waals surface area contributed by atoms with Crippen molar-refractivity contribution in [2.75, 3.05) is 0 Å². The molecule has 0 aromatic carbocycles. The minimum absolute atomic E-state index is 0.112. The number of hydrogen-bond donors (Lipinski definition) is 2. The molecular formula is C8H10F3N3O3. The predicted octanol–water partition coefficient (Wildman–Crippen LogP) is 0.873. The van der Waals surface area contributed by atoms with E-state index < -0.39 is 24.2 Å². The molecule has 17 heavy (non-hydrogen) atoms. The van der Waals surface area contributed by atoms with Crippen molar-refractivity contribution in [2.24, 2.45) is 0 Å². The van der Waals surface area contributed by atoms with Crippen molar-refractivity contribution in [3.8, 4) is 0 Å². The van der Waals surface area contributed by atoms with Gasteiger partial charge in [0.2, 0.25) is 17.3 Å². The van der Waals surface area contributed by atoms with E-state index in [2.05, 4.69) is 10.2 Å². The highest BCUT2D eigenvalue weighted by Crippen LogP contribution is 2.30. The average molecular weight is 253 g/mol. The van der Waals surface area contributed by atoms with Crippen molar-refractivity contribution in [3.05, 3.63) is 11.8 Å². The molecule has 0 fully saturated rings. The number of nitrogens with one attached hydrogen (secondary N) is 1. The highest BCUT2D eigenvalue weighted by atomic mass is 19.4. The topological polar surface area (TPSA) is 88.2 Å². The van der Waals surface area contributed by atoms with Gasteiger partial charge in [-0.05, 0) is 6.92 Å². The molecule has 1 unspecified atom stereocenters. The predicted molar refractivity (Wildman–Crippen MR) is 48.0 cm³/mol. The van der Waals surface area contributed by atoms with Crippen LogP contribution in [0.4, 0.5) is 13.2 Å². The highest BCUT2D eigenvalue weighted by Gasteiger charge is 2.57. The molecule has 6 nitrogen and oxygen atoms in total. The molecule has 1 heterocycles. The second-order valence-electron chi connectivity index (χ2n) is 3.50. The number of aromatic nitrogens is 2. The van der Waals surface area contributed by atoms with Crippen LogP contribution in [0, 0.1) is 6.92 Å². The van der Waals surface area contributed by atoms with Crippen molar-refractivity contribution in [3.63, 3.8) is 0 Å². The molecule has 9 heteroatoms. The SMILES string of the molecule is Cc1nnc(CNC(C)(C(=O)O)C(F)(F)F)o1. The van der Waals surface area contributed by atoms with Gasteiger partial charge in [-0.2, -0.15) is 13.2 Å². The van der Waals surface area contributed by atoms with Crippen LogP contribution in [0.5, 0.6) is 0 Å². The lowest BCUT2D eigenvalue weighted by atomic mass is 10.0. The van der Waals surface area contributed by atoms with E-state index in [-0.39, 0.29) is 11.8 Å². The molecule has 1 rings (SSSR count). The number of carboxylic acids is 1. The Hall–Kier alpha value is -1.64. The Morgan fingerprint density at radius 2 is 2.06 bits per heavy atom. The normalized spacial score (nSPS) is 15.6. The maximum Gasteiger partial charge on any atom is 0.417 e. The van der Waals surface area contributed by atoms with E-state index in [9.17, 15) is 18.0 Å². The van der Waals surface area contributed by atoms with E-state index >= 15 is 0 Å². The molecule has 0 aliphatic rings. The zero-order valence-corrected chi connectivity index (χ0v) is 9.00. The first-order valence-corrected chi connectivity index (χ1v) is 4.51. The lowest BCUT2D eigenvalue weighted by Crippen LogP contribution is -2.59. The lowest BCUT2D eigenvalue weighted by molar-refractivity contribution is -0.206. The van der Waals surface area contributed by atoms with Gasteiger partial charge in [0.15, 0.2) is 0 Å². The molecule has 0 amide bonds. The summed E-state index contributed by atoms with van der Waals surface area (Å²) in [5.41, 5.74) is -3.06. The van der Waals surface area contributed by atoms with E-state index in [1.54, 1.807) is 0 Å². The van der Waals surface area contributed by atoms with Crippen molar-refractivity contribution in [1.82, 2.24) is 15.5 Å². The minimum atomic E-state index is -4.94. The second-order valence-corrected chi connectivity index (χ2v) is 3.50. The Bertz CT molecular complexity index is 418. The minimum Gasteiger partial charge on any atom is -0.480 e. The molecule has 0 saturated heterocycles. The summed E-state index contributed by atoms with van der Waals surface area (Å²) in [6.45, 7) is 1.51. The molecule has 0 spiro atoms. The first-order valence-electron chi connectivity index (χ1n) is 4.51. The lowest BCUT2D eigenvalue weighted by Gasteiger charge is -2.27. The molecule has 2 N–H and O–H groups in total. The Kier molecular flexibility index (Phi) is 3.41. The number of halogens is 3. The van der Waals surface area contributed by atoms with E-state index in [0.29, 0.717) is 6.92 Å². The Labute approximate surface area is 93.8 Å². The number of alkyl halides is 3. The summed E-state index contributed by atoms with van der Waals surface area (Å²) >= 11 is 0. The maximum atomic E-state index is 12.6. The number of nitrogens with zero attached hydrogens (tertiary/aromatic N) is 2. The molecule has 1 atom stereocenters. The van der Waals surface area contributed by atoms with Crippen LogP contribution in [0.2, 0.25) is 0 Å². The molecule has 1 aromatic rings. The van der Waals surface area contributed by atoms with Crippen LogP contribution in [-0.4, -0.2) is 33.0 Å². The fourth-order valence-electron chi connectivity index (χ4n) is 0.958. The van der Waals surface area contributed by atoms with E-state index in [0.717, 1.165) is 0 Å². The summed E-state index contributed by atoms with van der Waals surface area (Å²) in [4.78, 5) is 10.6. The molecule has 96 valence electrons. The second kappa shape index (κ2) is 4.32. The molecule has 0 bridgehead atoms. The summed E-state index contributed by atoms with van der Waals surface area (Å²) in [6.07, 6.45) is -4.94. The van der Waals surface area contributed by atoms with Gasteiger partial charge in [-0.1, -0.05) is 0 Å². The van der Waals surface area contributed by atoms with Crippen LogP contribution in [0.3, 0.4) is 0 Å². The van der Waals surface area contributed by atoms with Crippen LogP contribution in [0.15, 0.2) is 4.42 Å². The van der Waals surface area contributed by atoms with Crippen LogP contribution in [0.25, 0.3) is 0 Å². The standard InChI is InChI=1S/C8H10F3N3O3/c1-4-13-14-5(17-4)3-12-7(2,6(15)16)8(9,10)11/h12H,3H2,1-2H3,(H,15,16). The van der Waals surface area contributed by atoms with Crippen LogP contribution in [0.1, 0.15) is 18.7 Å². The third-order valence-corrected chi connectivity index (χ3v) is 2.16. The quantitative estimate of drug-likeness (QED) is 0.827. The Morgan fingerprint density at radius 3 is 2.41 bits per heavy atom. The van der Waals surface area contributed by atoms with Gasteiger partial charge in [-0.15, -0.1) is 10.2 Å². The summed E-state index contributed by atoms with van der Waals surface area (Å²) in [5.74, 6) is -1.95. The number of carboxylic acid groups (broad SMARTS) is 1. The van der Waals surface area contributed by atoms with Gasteiger partial charge in [0.1, 0.15) is 0 Å². The summed E-state index contributed by atoms with van der Waals surface area (Å²) in [5, 5.41) is 17.3. The van der Waals surface area contributed by atoms with E-state index in [4.69, 9.17) is 9.52 Å². The fraction of sp³-hybridized carbons (Fsp3) is 0.625. The van der Waals surface area contributed by atoms with E-state index in [1.807, 2.05) is 5.32 Å². The Morgan fingerprint density at radius 1 is 1.47 bits per heavy atom. The van der Waals surface area contributed by atoms with Crippen molar-refractivity contribution < 1.29 is 27.5 Å². The number of aliphatic carboxylic acids is 1. The monoisotopic (exact) mass is 253 g/mol. The third kappa shape index (κ3) is 2.73. The van der Waals surface area contributed by atoms with Crippen LogP contribution in [-0.2, 0) is 11.3 Å². The van der Waals surface area contributed by atoms with Crippen molar-refractivity contribution in [1.29, 1.82) is 0 Å². The first-order chi connectivity index (χ1) is 7.67.